The minimum atomic E-state index is -0.321. The van der Waals surface area contributed by atoms with E-state index >= 15 is 0 Å². The molecule has 0 bridgehead atoms. The summed E-state index contributed by atoms with van der Waals surface area (Å²) in [4.78, 5) is 0. The van der Waals surface area contributed by atoms with Gasteiger partial charge >= 0.3 is 0 Å². The van der Waals surface area contributed by atoms with E-state index in [4.69, 9.17) is 4.42 Å². The highest BCUT2D eigenvalue weighted by Crippen LogP contribution is 2.35. The molecule has 1 fully saturated rings. The molecular formula is C11H16O2. The van der Waals surface area contributed by atoms with Crippen molar-refractivity contribution in [1.82, 2.24) is 0 Å². The van der Waals surface area contributed by atoms with Crippen molar-refractivity contribution < 1.29 is 9.52 Å². The van der Waals surface area contributed by atoms with E-state index in [2.05, 4.69) is 0 Å². The standard InChI is InChI=1S/C11H16O2/c1-8-6-10(7-13-8)11(12)5-4-9-2-3-9/h6-7,9,11-12H,2-5H2,1H3. The lowest BCUT2D eigenvalue weighted by molar-refractivity contribution is 0.161. The fourth-order valence-electron chi connectivity index (χ4n) is 1.61. The zero-order chi connectivity index (χ0) is 9.26. The molecule has 2 rings (SSSR count). The van der Waals surface area contributed by atoms with Gasteiger partial charge in [-0.3, -0.25) is 0 Å². The van der Waals surface area contributed by atoms with Crippen LogP contribution in [0.1, 0.15) is 43.1 Å². The molecule has 2 heteroatoms. The summed E-state index contributed by atoms with van der Waals surface area (Å²) in [5.74, 6) is 1.77. The smallest absolute Gasteiger partial charge is 0.101 e. The zero-order valence-electron chi connectivity index (χ0n) is 7.99. The van der Waals surface area contributed by atoms with E-state index in [1.807, 2.05) is 13.0 Å². The maximum absolute atomic E-state index is 9.75. The highest BCUT2D eigenvalue weighted by atomic mass is 16.3. The third kappa shape index (κ3) is 2.34. The molecule has 1 unspecified atom stereocenters. The van der Waals surface area contributed by atoms with E-state index in [0.29, 0.717) is 0 Å². The van der Waals surface area contributed by atoms with Crippen molar-refractivity contribution in [2.24, 2.45) is 5.92 Å². The summed E-state index contributed by atoms with van der Waals surface area (Å²) < 4.78 is 5.15. The van der Waals surface area contributed by atoms with Crippen LogP contribution >= 0.6 is 0 Å². The highest BCUT2D eigenvalue weighted by molar-refractivity contribution is 5.14. The average molecular weight is 180 g/mol. The molecule has 1 aliphatic carbocycles. The maximum atomic E-state index is 9.75. The fourth-order valence-corrected chi connectivity index (χ4v) is 1.61. The van der Waals surface area contributed by atoms with Crippen molar-refractivity contribution >= 4 is 0 Å². The first-order valence-electron chi connectivity index (χ1n) is 4.99. The van der Waals surface area contributed by atoms with Gasteiger partial charge in [-0.05, 0) is 31.7 Å². The molecule has 0 aliphatic heterocycles. The Morgan fingerprint density at radius 2 is 2.38 bits per heavy atom. The Kier molecular flexibility index (Phi) is 2.40. The summed E-state index contributed by atoms with van der Waals surface area (Å²) in [7, 11) is 0. The molecule has 1 saturated carbocycles. The minimum Gasteiger partial charge on any atom is -0.469 e. The molecule has 0 saturated heterocycles. The van der Waals surface area contributed by atoms with E-state index < -0.39 is 0 Å². The number of aliphatic hydroxyl groups excluding tert-OH is 1. The van der Waals surface area contributed by atoms with Gasteiger partial charge in [-0.1, -0.05) is 12.8 Å². The Labute approximate surface area is 78.6 Å². The monoisotopic (exact) mass is 180 g/mol. The predicted molar refractivity (Wildman–Crippen MR) is 50.4 cm³/mol. The lowest BCUT2D eigenvalue weighted by Gasteiger charge is -2.06. The van der Waals surface area contributed by atoms with Gasteiger partial charge in [0.2, 0.25) is 0 Å². The van der Waals surface area contributed by atoms with E-state index in [0.717, 1.165) is 30.1 Å². The summed E-state index contributed by atoms with van der Waals surface area (Å²) in [5, 5.41) is 9.75. The van der Waals surface area contributed by atoms with Crippen LogP contribution in [-0.2, 0) is 0 Å². The molecule has 2 nitrogen and oxygen atoms in total. The van der Waals surface area contributed by atoms with Crippen LogP contribution in [0.25, 0.3) is 0 Å². The molecule has 1 heterocycles. The second kappa shape index (κ2) is 3.54. The van der Waals surface area contributed by atoms with Crippen LogP contribution in [0, 0.1) is 12.8 Å². The molecular weight excluding hydrogens is 164 g/mol. The molecule has 0 aromatic carbocycles. The summed E-state index contributed by atoms with van der Waals surface area (Å²) >= 11 is 0. The Morgan fingerprint density at radius 3 is 2.92 bits per heavy atom. The summed E-state index contributed by atoms with van der Waals surface area (Å²) in [6, 6.07) is 1.91. The van der Waals surface area contributed by atoms with Crippen molar-refractivity contribution in [2.75, 3.05) is 0 Å². The van der Waals surface area contributed by atoms with Crippen LogP contribution < -0.4 is 0 Å². The molecule has 1 aliphatic rings. The van der Waals surface area contributed by atoms with Gasteiger partial charge in [0.05, 0.1) is 12.4 Å². The maximum Gasteiger partial charge on any atom is 0.101 e. The van der Waals surface area contributed by atoms with Crippen LogP contribution in [0.2, 0.25) is 0 Å². The van der Waals surface area contributed by atoms with E-state index in [1.54, 1.807) is 6.26 Å². The van der Waals surface area contributed by atoms with Crippen molar-refractivity contribution in [2.45, 2.75) is 38.7 Å². The number of hydrogen-bond donors (Lipinski definition) is 1. The number of furan rings is 1. The second-order valence-corrected chi connectivity index (χ2v) is 4.03. The molecule has 13 heavy (non-hydrogen) atoms. The average Bonchev–Trinajstić information content (AvgIpc) is 2.84. The first kappa shape index (κ1) is 8.82. The number of aliphatic hydroxyl groups is 1. The van der Waals surface area contributed by atoms with Crippen molar-refractivity contribution in [1.29, 1.82) is 0 Å². The van der Waals surface area contributed by atoms with Gasteiger partial charge in [-0.2, -0.15) is 0 Å². The molecule has 0 amide bonds. The van der Waals surface area contributed by atoms with Crippen molar-refractivity contribution in [3.63, 3.8) is 0 Å². The summed E-state index contributed by atoms with van der Waals surface area (Å²) in [6.07, 6.45) is 6.09. The van der Waals surface area contributed by atoms with Gasteiger partial charge in [0, 0.05) is 5.56 Å². The van der Waals surface area contributed by atoms with Gasteiger partial charge in [-0.15, -0.1) is 0 Å². The topological polar surface area (TPSA) is 33.4 Å². The summed E-state index contributed by atoms with van der Waals surface area (Å²) in [5.41, 5.74) is 0.929. The SMILES string of the molecule is Cc1cc(C(O)CCC2CC2)co1. The zero-order valence-corrected chi connectivity index (χ0v) is 7.99. The van der Waals surface area contributed by atoms with Crippen LogP contribution in [0.4, 0.5) is 0 Å². The van der Waals surface area contributed by atoms with Crippen molar-refractivity contribution in [3.05, 3.63) is 23.7 Å². The normalized spacial score (nSPS) is 18.9. The Bertz CT molecular complexity index is 273. The first-order valence-corrected chi connectivity index (χ1v) is 4.99. The van der Waals surface area contributed by atoms with Crippen LogP contribution in [0.15, 0.2) is 16.7 Å². The molecule has 0 radical (unpaired) electrons. The highest BCUT2D eigenvalue weighted by Gasteiger charge is 2.22. The predicted octanol–water partition coefficient (Wildman–Crippen LogP) is 2.81. The molecule has 0 spiro atoms. The van der Waals surface area contributed by atoms with E-state index in [9.17, 15) is 5.11 Å². The van der Waals surface area contributed by atoms with E-state index in [-0.39, 0.29) is 6.10 Å². The Hall–Kier alpha value is -0.760. The van der Waals surface area contributed by atoms with Gasteiger partial charge in [0.15, 0.2) is 0 Å². The molecule has 1 atom stereocenters. The summed E-state index contributed by atoms with van der Waals surface area (Å²) in [6.45, 7) is 1.90. The number of aryl methyl sites for hydroxylation is 1. The third-order valence-electron chi connectivity index (χ3n) is 2.68. The van der Waals surface area contributed by atoms with Gasteiger partial charge < -0.3 is 9.52 Å². The van der Waals surface area contributed by atoms with Gasteiger partial charge in [-0.25, -0.2) is 0 Å². The van der Waals surface area contributed by atoms with E-state index in [1.165, 1.54) is 12.8 Å². The largest absolute Gasteiger partial charge is 0.469 e. The second-order valence-electron chi connectivity index (χ2n) is 4.03. The third-order valence-corrected chi connectivity index (χ3v) is 2.68. The Balaban J connectivity index is 1.84. The quantitative estimate of drug-likeness (QED) is 0.772. The van der Waals surface area contributed by atoms with Crippen LogP contribution in [-0.4, -0.2) is 5.11 Å². The molecule has 1 N–H and O–H groups in total. The number of hydrogen-bond acceptors (Lipinski definition) is 2. The lowest BCUT2D eigenvalue weighted by Crippen LogP contribution is -1.95. The lowest BCUT2D eigenvalue weighted by atomic mass is 10.1. The Morgan fingerprint density at radius 1 is 1.62 bits per heavy atom. The number of rotatable bonds is 4. The van der Waals surface area contributed by atoms with Gasteiger partial charge in [0.1, 0.15) is 5.76 Å². The van der Waals surface area contributed by atoms with Crippen LogP contribution in [0.3, 0.4) is 0 Å². The molecule has 72 valence electrons. The molecule has 1 aromatic heterocycles. The van der Waals surface area contributed by atoms with Gasteiger partial charge in [0.25, 0.3) is 0 Å². The van der Waals surface area contributed by atoms with Crippen molar-refractivity contribution in [3.8, 4) is 0 Å². The minimum absolute atomic E-state index is 0.321. The fraction of sp³-hybridized carbons (Fsp3) is 0.636. The molecule has 1 aromatic rings. The first-order chi connectivity index (χ1) is 6.25. The van der Waals surface area contributed by atoms with Crippen LogP contribution in [0.5, 0.6) is 0 Å².